The normalized spacial score (nSPS) is 19.1. The molecule has 2 N–H and O–H groups in total. The molecule has 1 saturated heterocycles. The summed E-state index contributed by atoms with van der Waals surface area (Å²) in [5, 5.41) is 16.4. The molecule has 1 rings (SSSR count). The van der Waals surface area contributed by atoms with Crippen LogP contribution in [0.3, 0.4) is 0 Å². The standard InChI is InChI=1S/C9H19N3O/c1-2-9(10)12-5-3-11(4-6-12)7-8-13/h10,13H,2-8H2,1H3. The molecule has 0 bridgehead atoms. The molecule has 0 saturated carbocycles. The van der Waals surface area contributed by atoms with Crippen LogP contribution in [0.5, 0.6) is 0 Å². The van der Waals surface area contributed by atoms with Crippen molar-refractivity contribution in [1.29, 1.82) is 5.41 Å². The van der Waals surface area contributed by atoms with Crippen molar-refractivity contribution in [3.8, 4) is 0 Å². The van der Waals surface area contributed by atoms with Crippen molar-refractivity contribution in [2.45, 2.75) is 13.3 Å². The van der Waals surface area contributed by atoms with Crippen molar-refractivity contribution in [2.24, 2.45) is 0 Å². The Morgan fingerprint density at radius 2 is 1.92 bits per heavy atom. The van der Waals surface area contributed by atoms with Gasteiger partial charge in [0.05, 0.1) is 12.4 Å². The second-order valence-corrected chi connectivity index (χ2v) is 3.35. The maximum Gasteiger partial charge on any atom is 0.0955 e. The molecule has 1 aliphatic heterocycles. The topological polar surface area (TPSA) is 50.6 Å². The Labute approximate surface area is 79.7 Å². The van der Waals surface area contributed by atoms with E-state index in [0.29, 0.717) is 0 Å². The molecule has 1 aliphatic rings. The van der Waals surface area contributed by atoms with Gasteiger partial charge in [-0.2, -0.15) is 0 Å². The Kier molecular flexibility index (Phi) is 4.18. The second kappa shape index (κ2) is 5.19. The Morgan fingerprint density at radius 1 is 1.31 bits per heavy atom. The molecule has 1 fully saturated rings. The van der Waals surface area contributed by atoms with Crippen molar-refractivity contribution < 1.29 is 5.11 Å². The van der Waals surface area contributed by atoms with Gasteiger partial charge in [0.2, 0.25) is 0 Å². The van der Waals surface area contributed by atoms with Crippen molar-refractivity contribution in [2.75, 3.05) is 39.3 Å². The third-order valence-electron chi connectivity index (χ3n) is 2.51. The van der Waals surface area contributed by atoms with Gasteiger partial charge in [-0.3, -0.25) is 10.3 Å². The summed E-state index contributed by atoms with van der Waals surface area (Å²) in [5.74, 6) is 0.739. The van der Waals surface area contributed by atoms with Gasteiger partial charge in [0.25, 0.3) is 0 Å². The largest absolute Gasteiger partial charge is 0.395 e. The molecule has 0 amide bonds. The molecule has 76 valence electrons. The molecule has 4 nitrogen and oxygen atoms in total. The summed E-state index contributed by atoms with van der Waals surface area (Å²) >= 11 is 0. The zero-order valence-corrected chi connectivity index (χ0v) is 8.29. The minimum atomic E-state index is 0.241. The Balaban J connectivity index is 2.26. The summed E-state index contributed by atoms with van der Waals surface area (Å²) in [6.07, 6.45) is 0.819. The van der Waals surface area contributed by atoms with Crippen molar-refractivity contribution in [3.05, 3.63) is 0 Å². The molecule has 0 radical (unpaired) electrons. The average Bonchev–Trinajstić information content (AvgIpc) is 2.18. The summed E-state index contributed by atoms with van der Waals surface area (Å²) in [7, 11) is 0. The maximum absolute atomic E-state index is 8.74. The molecule has 4 heteroatoms. The molecular formula is C9H19N3O. The first-order chi connectivity index (χ1) is 6.27. The Bertz CT molecular complexity index is 164. The smallest absolute Gasteiger partial charge is 0.0955 e. The van der Waals surface area contributed by atoms with Crippen LogP contribution in [0.4, 0.5) is 0 Å². The van der Waals surface area contributed by atoms with Gasteiger partial charge in [0.15, 0.2) is 0 Å². The predicted molar refractivity (Wildman–Crippen MR) is 53.1 cm³/mol. The van der Waals surface area contributed by atoms with Crippen molar-refractivity contribution in [1.82, 2.24) is 9.80 Å². The summed E-state index contributed by atoms with van der Waals surface area (Å²) in [6, 6.07) is 0. The van der Waals surface area contributed by atoms with Gasteiger partial charge in [-0.1, -0.05) is 6.92 Å². The highest BCUT2D eigenvalue weighted by atomic mass is 16.3. The van der Waals surface area contributed by atoms with Crippen LogP contribution < -0.4 is 0 Å². The molecule has 0 aromatic heterocycles. The van der Waals surface area contributed by atoms with E-state index < -0.39 is 0 Å². The monoisotopic (exact) mass is 185 g/mol. The molecule has 0 spiro atoms. The van der Waals surface area contributed by atoms with Gasteiger partial charge < -0.3 is 10.0 Å². The van der Waals surface area contributed by atoms with E-state index in [1.165, 1.54) is 0 Å². The van der Waals surface area contributed by atoms with Crippen LogP contribution in [0.1, 0.15) is 13.3 Å². The molecule has 0 aromatic rings. The number of aliphatic hydroxyl groups is 1. The first kappa shape index (κ1) is 10.5. The van der Waals surface area contributed by atoms with E-state index in [9.17, 15) is 0 Å². The number of hydrogen-bond donors (Lipinski definition) is 2. The summed E-state index contributed by atoms with van der Waals surface area (Å²) in [4.78, 5) is 4.35. The first-order valence-electron chi connectivity index (χ1n) is 4.93. The molecule has 0 aromatic carbocycles. The maximum atomic E-state index is 8.74. The minimum Gasteiger partial charge on any atom is -0.395 e. The first-order valence-corrected chi connectivity index (χ1v) is 4.93. The van der Waals surface area contributed by atoms with Gasteiger partial charge in [-0.25, -0.2) is 0 Å². The number of amidine groups is 1. The van der Waals surface area contributed by atoms with Gasteiger partial charge in [-0.05, 0) is 0 Å². The van der Waals surface area contributed by atoms with Crippen molar-refractivity contribution in [3.63, 3.8) is 0 Å². The van der Waals surface area contributed by atoms with Crippen LogP contribution in [0.2, 0.25) is 0 Å². The highest BCUT2D eigenvalue weighted by Crippen LogP contribution is 2.02. The van der Waals surface area contributed by atoms with Crippen molar-refractivity contribution >= 4 is 5.84 Å². The van der Waals surface area contributed by atoms with E-state index in [4.69, 9.17) is 10.5 Å². The van der Waals surface area contributed by atoms with Crippen LogP contribution in [0.25, 0.3) is 0 Å². The average molecular weight is 185 g/mol. The van der Waals surface area contributed by atoms with E-state index >= 15 is 0 Å². The Hall–Kier alpha value is -0.610. The fraction of sp³-hybridized carbons (Fsp3) is 0.889. The molecular weight excluding hydrogens is 166 g/mol. The van der Waals surface area contributed by atoms with Crippen LogP contribution in [-0.2, 0) is 0 Å². The number of piperazine rings is 1. The summed E-state index contributed by atoms with van der Waals surface area (Å²) in [5.41, 5.74) is 0. The van der Waals surface area contributed by atoms with E-state index in [0.717, 1.165) is 45.0 Å². The number of hydrogen-bond acceptors (Lipinski definition) is 3. The quantitative estimate of drug-likeness (QED) is 0.480. The van der Waals surface area contributed by atoms with E-state index in [2.05, 4.69) is 9.80 Å². The molecule has 13 heavy (non-hydrogen) atoms. The fourth-order valence-electron chi connectivity index (χ4n) is 1.61. The molecule has 1 heterocycles. The highest BCUT2D eigenvalue weighted by molar-refractivity contribution is 5.78. The number of rotatable bonds is 3. The second-order valence-electron chi connectivity index (χ2n) is 3.35. The van der Waals surface area contributed by atoms with Gasteiger partial charge >= 0.3 is 0 Å². The molecule has 0 unspecified atom stereocenters. The number of nitrogens with one attached hydrogen (secondary N) is 1. The van der Waals surface area contributed by atoms with E-state index in [1.807, 2.05) is 6.92 Å². The Morgan fingerprint density at radius 3 is 2.38 bits per heavy atom. The fourth-order valence-corrected chi connectivity index (χ4v) is 1.61. The van der Waals surface area contributed by atoms with E-state index in [-0.39, 0.29) is 6.61 Å². The van der Waals surface area contributed by atoms with Crippen LogP contribution >= 0.6 is 0 Å². The summed E-state index contributed by atoms with van der Waals surface area (Å²) in [6.45, 7) is 6.85. The summed E-state index contributed by atoms with van der Waals surface area (Å²) < 4.78 is 0. The third-order valence-corrected chi connectivity index (χ3v) is 2.51. The van der Waals surface area contributed by atoms with Gasteiger partial charge in [0.1, 0.15) is 0 Å². The SMILES string of the molecule is CCC(=N)N1CCN(CCO)CC1. The van der Waals surface area contributed by atoms with Gasteiger partial charge in [-0.15, -0.1) is 0 Å². The number of β-amino-alcohol motifs (C(OH)–C–C–N with tert-alkyl or cyclic N) is 1. The number of aliphatic hydroxyl groups excluding tert-OH is 1. The lowest BCUT2D eigenvalue weighted by Gasteiger charge is -2.35. The van der Waals surface area contributed by atoms with Gasteiger partial charge in [0, 0.05) is 39.1 Å². The lowest BCUT2D eigenvalue weighted by Crippen LogP contribution is -2.48. The predicted octanol–water partition coefficient (Wildman–Crippen LogP) is -0.0164. The molecule has 0 atom stereocenters. The lowest BCUT2D eigenvalue weighted by molar-refractivity contribution is 0.146. The lowest BCUT2D eigenvalue weighted by atomic mass is 10.3. The van der Waals surface area contributed by atoms with Crippen LogP contribution in [-0.4, -0.2) is 60.1 Å². The van der Waals surface area contributed by atoms with E-state index in [1.54, 1.807) is 0 Å². The van der Waals surface area contributed by atoms with Crippen LogP contribution in [0, 0.1) is 5.41 Å². The zero-order chi connectivity index (χ0) is 9.68. The van der Waals surface area contributed by atoms with Crippen LogP contribution in [0.15, 0.2) is 0 Å². The number of nitrogens with zero attached hydrogens (tertiary/aromatic N) is 2. The minimum absolute atomic E-state index is 0.241. The zero-order valence-electron chi connectivity index (χ0n) is 8.29. The third kappa shape index (κ3) is 2.97. The highest BCUT2D eigenvalue weighted by Gasteiger charge is 2.16. The molecule has 0 aliphatic carbocycles.